The first-order valence-corrected chi connectivity index (χ1v) is 9.20. The molecule has 0 saturated carbocycles. The number of nitrogens with zero attached hydrogens (tertiary/aromatic N) is 2. The highest BCUT2D eigenvalue weighted by atomic mass is 16.5. The molecule has 2 fully saturated rings. The lowest BCUT2D eigenvalue weighted by atomic mass is 9.72. The Hall–Kier alpha value is -1.88. The number of hydrogen-bond acceptors (Lipinski definition) is 3. The van der Waals surface area contributed by atoms with Crippen molar-refractivity contribution in [3.05, 3.63) is 35.9 Å². The van der Waals surface area contributed by atoms with E-state index >= 15 is 0 Å². The molecule has 2 saturated heterocycles. The summed E-state index contributed by atoms with van der Waals surface area (Å²) in [6.07, 6.45) is 4.04. The number of piperidine rings is 2. The first-order valence-electron chi connectivity index (χ1n) is 9.20. The zero-order valence-electron chi connectivity index (χ0n) is 15.1. The second-order valence-corrected chi connectivity index (χ2v) is 7.35. The first kappa shape index (κ1) is 17.9. The number of benzene rings is 1. The Morgan fingerprint density at radius 1 is 1.16 bits per heavy atom. The van der Waals surface area contributed by atoms with Crippen LogP contribution in [0.15, 0.2) is 30.3 Å². The van der Waals surface area contributed by atoms with E-state index < -0.39 is 0 Å². The van der Waals surface area contributed by atoms with Gasteiger partial charge < -0.3 is 14.5 Å². The SMILES string of the molecule is COCCN1CC2(CCC1=O)CCN(C(=O)Cc1ccccc1)CC2. The topological polar surface area (TPSA) is 49.9 Å². The van der Waals surface area contributed by atoms with Crippen LogP contribution in [0.1, 0.15) is 31.2 Å². The van der Waals surface area contributed by atoms with Crippen LogP contribution in [0.5, 0.6) is 0 Å². The summed E-state index contributed by atoms with van der Waals surface area (Å²) in [4.78, 5) is 28.6. The molecular formula is C20H28N2O3. The molecule has 2 heterocycles. The van der Waals surface area contributed by atoms with Crippen LogP contribution in [0.2, 0.25) is 0 Å². The molecule has 0 radical (unpaired) electrons. The molecule has 136 valence electrons. The van der Waals surface area contributed by atoms with Gasteiger partial charge in [0.05, 0.1) is 13.0 Å². The molecule has 5 heteroatoms. The fourth-order valence-electron chi connectivity index (χ4n) is 4.03. The molecule has 0 aromatic heterocycles. The fourth-order valence-corrected chi connectivity index (χ4v) is 4.03. The van der Waals surface area contributed by atoms with Crippen molar-refractivity contribution in [2.75, 3.05) is 39.9 Å². The largest absolute Gasteiger partial charge is 0.383 e. The molecule has 2 aliphatic rings. The zero-order valence-corrected chi connectivity index (χ0v) is 15.1. The lowest BCUT2D eigenvalue weighted by molar-refractivity contribution is -0.142. The number of methoxy groups -OCH3 is 1. The number of rotatable bonds is 5. The van der Waals surface area contributed by atoms with Crippen molar-refractivity contribution in [3.8, 4) is 0 Å². The van der Waals surface area contributed by atoms with Crippen LogP contribution in [-0.4, -0.2) is 61.5 Å². The van der Waals surface area contributed by atoms with Gasteiger partial charge in [-0.25, -0.2) is 0 Å². The average Bonchev–Trinajstić information content (AvgIpc) is 2.64. The van der Waals surface area contributed by atoms with Gasteiger partial charge in [0.25, 0.3) is 0 Å². The summed E-state index contributed by atoms with van der Waals surface area (Å²) in [5.74, 6) is 0.453. The molecule has 0 atom stereocenters. The van der Waals surface area contributed by atoms with Gasteiger partial charge in [0.15, 0.2) is 0 Å². The summed E-state index contributed by atoms with van der Waals surface area (Å²) in [6, 6.07) is 9.93. The van der Waals surface area contributed by atoms with Gasteiger partial charge in [0.1, 0.15) is 0 Å². The van der Waals surface area contributed by atoms with Crippen LogP contribution in [0.25, 0.3) is 0 Å². The standard InChI is InChI=1S/C20H28N2O3/c1-25-14-13-22-16-20(8-7-18(22)23)9-11-21(12-10-20)19(24)15-17-5-3-2-4-6-17/h2-6H,7-16H2,1H3. The Balaban J connectivity index is 1.54. The van der Waals surface area contributed by atoms with Crippen LogP contribution in [0.3, 0.4) is 0 Å². The smallest absolute Gasteiger partial charge is 0.226 e. The highest BCUT2D eigenvalue weighted by Gasteiger charge is 2.41. The molecule has 0 unspecified atom stereocenters. The van der Waals surface area contributed by atoms with Crippen molar-refractivity contribution < 1.29 is 14.3 Å². The minimum Gasteiger partial charge on any atom is -0.383 e. The summed E-state index contributed by atoms with van der Waals surface area (Å²) in [5, 5.41) is 0. The molecular weight excluding hydrogens is 316 g/mol. The molecule has 2 aliphatic heterocycles. The number of likely N-dealkylation sites (tertiary alicyclic amines) is 2. The molecule has 25 heavy (non-hydrogen) atoms. The fraction of sp³-hybridized carbons (Fsp3) is 0.600. The van der Waals surface area contributed by atoms with E-state index in [1.807, 2.05) is 40.1 Å². The molecule has 5 nitrogen and oxygen atoms in total. The monoisotopic (exact) mass is 344 g/mol. The maximum Gasteiger partial charge on any atom is 0.226 e. The quantitative estimate of drug-likeness (QED) is 0.822. The Bertz CT molecular complexity index is 594. The van der Waals surface area contributed by atoms with Gasteiger partial charge in [0.2, 0.25) is 11.8 Å². The van der Waals surface area contributed by atoms with Crippen LogP contribution in [0.4, 0.5) is 0 Å². The van der Waals surface area contributed by atoms with E-state index in [0.29, 0.717) is 26.0 Å². The maximum atomic E-state index is 12.5. The van der Waals surface area contributed by atoms with E-state index in [2.05, 4.69) is 0 Å². The van der Waals surface area contributed by atoms with Gasteiger partial charge >= 0.3 is 0 Å². The van der Waals surface area contributed by atoms with Gasteiger partial charge in [-0.15, -0.1) is 0 Å². The predicted molar refractivity (Wildman–Crippen MR) is 96.1 cm³/mol. The summed E-state index contributed by atoms with van der Waals surface area (Å²) in [5.41, 5.74) is 1.26. The highest BCUT2D eigenvalue weighted by Crippen LogP contribution is 2.40. The Morgan fingerprint density at radius 3 is 2.56 bits per heavy atom. The van der Waals surface area contributed by atoms with Crippen LogP contribution < -0.4 is 0 Å². The van der Waals surface area contributed by atoms with Gasteiger partial charge in [-0.3, -0.25) is 9.59 Å². The Morgan fingerprint density at radius 2 is 1.88 bits per heavy atom. The number of amides is 2. The molecule has 3 rings (SSSR count). The van der Waals surface area contributed by atoms with Crippen molar-refractivity contribution in [1.82, 2.24) is 9.80 Å². The van der Waals surface area contributed by atoms with E-state index in [1.165, 1.54) is 0 Å². The number of hydrogen-bond donors (Lipinski definition) is 0. The van der Waals surface area contributed by atoms with E-state index in [-0.39, 0.29) is 17.2 Å². The van der Waals surface area contributed by atoms with Gasteiger partial charge in [-0.05, 0) is 30.2 Å². The molecule has 0 bridgehead atoms. The van der Waals surface area contributed by atoms with Crippen molar-refractivity contribution in [3.63, 3.8) is 0 Å². The van der Waals surface area contributed by atoms with E-state index in [0.717, 1.165) is 44.5 Å². The molecule has 1 aromatic carbocycles. The minimum absolute atomic E-state index is 0.186. The maximum absolute atomic E-state index is 12.5. The molecule has 1 aromatic rings. The van der Waals surface area contributed by atoms with Crippen molar-refractivity contribution in [2.45, 2.75) is 32.1 Å². The Kier molecular flexibility index (Phi) is 5.74. The summed E-state index contributed by atoms with van der Waals surface area (Å²) < 4.78 is 5.13. The van der Waals surface area contributed by atoms with Crippen molar-refractivity contribution in [1.29, 1.82) is 0 Å². The molecule has 0 N–H and O–H groups in total. The lowest BCUT2D eigenvalue weighted by Crippen LogP contribution is -2.53. The van der Waals surface area contributed by atoms with E-state index in [4.69, 9.17) is 4.74 Å². The third-order valence-corrected chi connectivity index (χ3v) is 5.69. The summed E-state index contributed by atoms with van der Waals surface area (Å²) in [6.45, 7) is 3.68. The molecule has 2 amide bonds. The van der Waals surface area contributed by atoms with E-state index in [9.17, 15) is 9.59 Å². The second kappa shape index (κ2) is 8.00. The van der Waals surface area contributed by atoms with Crippen LogP contribution in [0, 0.1) is 5.41 Å². The van der Waals surface area contributed by atoms with Crippen molar-refractivity contribution in [2.24, 2.45) is 5.41 Å². The van der Waals surface area contributed by atoms with Crippen molar-refractivity contribution >= 4 is 11.8 Å². The second-order valence-electron chi connectivity index (χ2n) is 7.35. The number of ether oxygens (including phenoxy) is 1. The summed E-state index contributed by atoms with van der Waals surface area (Å²) >= 11 is 0. The molecule has 0 aliphatic carbocycles. The normalized spacial score (nSPS) is 20.1. The summed E-state index contributed by atoms with van der Waals surface area (Å²) in [7, 11) is 1.67. The minimum atomic E-state index is 0.186. The first-order chi connectivity index (χ1) is 12.1. The van der Waals surface area contributed by atoms with E-state index in [1.54, 1.807) is 7.11 Å². The van der Waals surface area contributed by atoms with Crippen LogP contribution >= 0.6 is 0 Å². The van der Waals surface area contributed by atoms with Crippen LogP contribution in [-0.2, 0) is 20.7 Å². The number of carbonyl (C=O) groups is 2. The Labute approximate surface area is 149 Å². The predicted octanol–water partition coefficient (Wildman–Crippen LogP) is 2.11. The average molecular weight is 344 g/mol. The van der Waals surface area contributed by atoms with Gasteiger partial charge in [-0.2, -0.15) is 0 Å². The third-order valence-electron chi connectivity index (χ3n) is 5.69. The lowest BCUT2D eigenvalue weighted by Gasteiger charge is -2.47. The third kappa shape index (κ3) is 4.40. The highest BCUT2D eigenvalue weighted by molar-refractivity contribution is 5.79. The zero-order chi connectivity index (χ0) is 17.7. The van der Waals surface area contributed by atoms with Gasteiger partial charge in [-0.1, -0.05) is 30.3 Å². The molecule has 1 spiro atoms. The van der Waals surface area contributed by atoms with Gasteiger partial charge in [0, 0.05) is 39.7 Å². The number of carbonyl (C=O) groups excluding carboxylic acids is 2.